The number of carbonyl (C=O) groups is 2. The third kappa shape index (κ3) is 3.42. The number of amides is 1. The quantitative estimate of drug-likeness (QED) is 0.631. The number of aldehydes is 1. The van der Waals surface area contributed by atoms with E-state index in [-0.39, 0.29) is 12.2 Å². The van der Waals surface area contributed by atoms with Crippen molar-refractivity contribution < 1.29 is 14.3 Å². The molecule has 7 heteroatoms. The normalized spacial score (nSPS) is 22.0. The first kappa shape index (κ1) is 16.3. The Morgan fingerprint density at radius 3 is 2.86 bits per heavy atom. The SMILES string of the molecule is C[B]C(=O)N1CCOC(CC=O)(c2ccc(Cl)c(Cl)c2)C1. The maximum Gasteiger partial charge on any atom is 0.229 e. The van der Waals surface area contributed by atoms with Gasteiger partial charge in [0.1, 0.15) is 11.9 Å². The molecule has 1 heterocycles. The molecule has 1 aromatic carbocycles. The lowest BCUT2D eigenvalue weighted by Gasteiger charge is -2.42. The molecule has 1 amide bonds. The van der Waals surface area contributed by atoms with Gasteiger partial charge in [-0.25, -0.2) is 0 Å². The van der Waals surface area contributed by atoms with Crippen LogP contribution in [0.2, 0.25) is 16.9 Å². The molecule has 21 heavy (non-hydrogen) atoms. The van der Waals surface area contributed by atoms with Gasteiger partial charge >= 0.3 is 0 Å². The lowest BCUT2D eigenvalue weighted by molar-refractivity contribution is -0.127. The zero-order valence-electron chi connectivity index (χ0n) is 11.6. The Hall–Kier alpha value is -1.04. The van der Waals surface area contributed by atoms with Crippen LogP contribution in [-0.2, 0) is 15.1 Å². The lowest BCUT2D eigenvalue weighted by Crippen LogP contribution is -2.52. The van der Waals surface area contributed by atoms with Crippen molar-refractivity contribution in [1.29, 1.82) is 0 Å². The van der Waals surface area contributed by atoms with Crippen molar-refractivity contribution in [3.63, 3.8) is 0 Å². The van der Waals surface area contributed by atoms with Crippen LogP contribution in [0, 0.1) is 0 Å². The van der Waals surface area contributed by atoms with Crippen LogP contribution in [0.15, 0.2) is 18.2 Å². The van der Waals surface area contributed by atoms with Gasteiger partial charge in [-0.3, -0.25) is 4.79 Å². The molecule has 111 valence electrons. The van der Waals surface area contributed by atoms with Gasteiger partial charge in [-0.2, -0.15) is 0 Å². The first-order valence-corrected chi connectivity index (χ1v) is 7.39. The van der Waals surface area contributed by atoms with E-state index in [4.69, 9.17) is 27.9 Å². The molecule has 1 saturated heterocycles. The van der Waals surface area contributed by atoms with E-state index in [0.29, 0.717) is 29.7 Å². The largest absolute Gasteiger partial charge is 0.366 e. The molecule has 0 aliphatic carbocycles. The number of morpholine rings is 1. The molecular weight excluding hydrogens is 312 g/mol. The molecule has 0 spiro atoms. The van der Waals surface area contributed by atoms with E-state index in [0.717, 1.165) is 11.8 Å². The summed E-state index contributed by atoms with van der Waals surface area (Å²) in [4.78, 5) is 24.7. The minimum Gasteiger partial charge on any atom is -0.366 e. The van der Waals surface area contributed by atoms with Gasteiger partial charge in [-0.05, 0) is 17.7 Å². The Kier molecular flexibility index (Phi) is 5.30. The van der Waals surface area contributed by atoms with Crippen LogP contribution >= 0.6 is 23.2 Å². The highest BCUT2D eigenvalue weighted by molar-refractivity contribution is 6.72. The Labute approximate surface area is 134 Å². The zero-order valence-corrected chi connectivity index (χ0v) is 13.2. The van der Waals surface area contributed by atoms with Gasteiger partial charge < -0.3 is 14.4 Å². The van der Waals surface area contributed by atoms with Gasteiger partial charge in [0.25, 0.3) is 0 Å². The summed E-state index contributed by atoms with van der Waals surface area (Å²) in [5.41, 5.74) is -0.120. The smallest absolute Gasteiger partial charge is 0.229 e. The molecule has 2 rings (SSSR count). The first-order chi connectivity index (χ1) is 10.0. The number of rotatable bonds is 4. The minimum absolute atomic E-state index is 0.0753. The Bertz CT molecular complexity index is 555. The summed E-state index contributed by atoms with van der Waals surface area (Å²) in [6.07, 6.45) is 0.949. The van der Waals surface area contributed by atoms with E-state index in [1.165, 1.54) is 7.28 Å². The summed E-state index contributed by atoms with van der Waals surface area (Å²) >= 11 is 12.0. The molecule has 0 aromatic heterocycles. The van der Waals surface area contributed by atoms with Crippen molar-refractivity contribution in [2.75, 3.05) is 19.7 Å². The highest BCUT2D eigenvalue weighted by atomic mass is 35.5. The third-order valence-corrected chi connectivity index (χ3v) is 4.34. The van der Waals surface area contributed by atoms with Crippen molar-refractivity contribution in [2.24, 2.45) is 0 Å². The van der Waals surface area contributed by atoms with Crippen LogP contribution in [0.1, 0.15) is 12.0 Å². The fourth-order valence-electron chi connectivity index (χ4n) is 2.48. The van der Waals surface area contributed by atoms with E-state index in [9.17, 15) is 9.59 Å². The predicted molar refractivity (Wildman–Crippen MR) is 83.4 cm³/mol. The standard InChI is InChI=1S/C14H15BCl2NO3/c1-15-13(20)18-5-7-21-14(9-18,4-6-19)10-2-3-11(16)12(17)8-10/h2-3,6,8H,4-5,7,9H2,1H3. The molecule has 1 aliphatic heterocycles. The van der Waals surface area contributed by atoms with Crippen LogP contribution in [0.3, 0.4) is 0 Å². The van der Waals surface area contributed by atoms with Crippen LogP contribution in [0.25, 0.3) is 0 Å². The maximum absolute atomic E-state index is 11.9. The molecule has 0 bridgehead atoms. The second-order valence-corrected chi connectivity index (χ2v) is 5.71. The van der Waals surface area contributed by atoms with E-state index < -0.39 is 5.60 Å². The third-order valence-electron chi connectivity index (χ3n) is 3.60. The van der Waals surface area contributed by atoms with Gasteiger partial charge in [0.05, 0.1) is 23.2 Å². The number of benzene rings is 1. The predicted octanol–water partition coefficient (Wildman–Crippen LogP) is 2.98. The zero-order chi connectivity index (χ0) is 15.5. The number of nitrogens with zero attached hydrogens (tertiary/aromatic N) is 1. The Morgan fingerprint density at radius 2 is 2.24 bits per heavy atom. The molecule has 1 aromatic rings. The highest BCUT2D eigenvalue weighted by Crippen LogP contribution is 2.36. The molecule has 0 saturated carbocycles. The first-order valence-electron chi connectivity index (χ1n) is 6.64. The molecule has 1 radical (unpaired) electrons. The fourth-order valence-corrected chi connectivity index (χ4v) is 2.78. The minimum atomic E-state index is -0.868. The van der Waals surface area contributed by atoms with Crippen LogP contribution in [0.4, 0.5) is 4.79 Å². The number of hydrogen-bond donors (Lipinski definition) is 0. The molecule has 1 aliphatic rings. The van der Waals surface area contributed by atoms with Crippen LogP contribution < -0.4 is 0 Å². The van der Waals surface area contributed by atoms with Crippen LogP contribution in [-0.4, -0.2) is 44.0 Å². The van der Waals surface area contributed by atoms with Gasteiger partial charge in [-0.1, -0.05) is 36.1 Å². The monoisotopic (exact) mass is 326 g/mol. The van der Waals surface area contributed by atoms with Gasteiger partial charge in [0.2, 0.25) is 7.28 Å². The second-order valence-electron chi connectivity index (χ2n) is 4.89. The number of ether oxygens (including phenoxy) is 1. The van der Waals surface area contributed by atoms with E-state index in [1.54, 1.807) is 29.9 Å². The number of carbonyl (C=O) groups excluding carboxylic acids is 2. The number of halogens is 2. The second kappa shape index (κ2) is 6.82. The molecule has 0 N–H and O–H groups in total. The highest BCUT2D eigenvalue weighted by Gasteiger charge is 2.39. The number of hydrogen-bond acceptors (Lipinski definition) is 3. The van der Waals surface area contributed by atoms with Crippen molar-refractivity contribution >= 4 is 42.6 Å². The average molecular weight is 327 g/mol. The van der Waals surface area contributed by atoms with Crippen molar-refractivity contribution in [2.45, 2.75) is 18.8 Å². The summed E-state index contributed by atoms with van der Waals surface area (Å²) in [5, 5.41) is 0.834. The van der Waals surface area contributed by atoms with Crippen LogP contribution in [0.5, 0.6) is 0 Å². The Morgan fingerprint density at radius 1 is 1.48 bits per heavy atom. The van der Waals surface area contributed by atoms with E-state index >= 15 is 0 Å². The Balaban J connectivity index is 2.37. The van der Waals surface area contributed by atoms with Gasteiger partial charge in [0, 0.05) is 13.0 Å². The van der Waals surface area contributed by atoms with Gasteiger partial charge in [0.15, 0.2) is 5.81 Å². The molecule has 1 unspecified atom stereocenters. The lowest BCUT2D eigenvalue weighted by atomic mass is 9.79. The van der Waals surface area contributed by atoms with Crippen molar-refractivity contribution in [3.8, 4) is 0 Å². The average Bonchev–Trinajstić information content (AvgIpc) is 2.49. The molecule has 1 atom stereocenters. The van der Waals surface area contributed by atoms with E-state index in [2.05, 4.69) is 0 Å². The van der Waals surface area contributed by atoms with Crippen molar-refractivity contribution in [3.05, 3.63) is 33.8 Å². The summed E-state index contributed by atoms with van der Waals surface area (Å²) in [5.74, 6) is -0.0753. The summed E-state index contributed by atoms with van der Waals surface area (Å²) in [6.45, 7) is 2.88. The summed E-state index contributed by atoms with van der Waals surface area (Å²) in [6, 6.07) is 5.14. The molecule has 4 nitrogen and oxygen atoms in total. The molecule has 1 fully saturated rings. The fraction of sp³-hybridized carbons (Fsp3) is 0.429. The molecular formula is C14H15BCl2NO3. The summed E-state index contributed by atoms with van der Waals surface area (Å²) < 4.78 is 5.87. The van der Waals surface area contributed by atoms with Crippen molar-refractivity contribution in [1.82, 2.24) is 4.90 Å². The summed E-state index contributed by atoms with van der Waals surface area (Å²) in [7, 11) is 1.51. The van der Waals surface area contributed by atoms with Gasteiger partial charge in [-0.15, -0.1) is 0 Å². The van der Waals surface area contributed by atoms with E-state index in [1.807, 2.05) is 0 Å². The maximum atomic E-state index is 11.9. The topological polar surface area (TPSA) is 46.6 Å².